The molecular formula is C5H12N2S. The Morgan fingerprint density at radius 2 is 1.75 bits per heavy atom. The molecule has 0 unspecified atom stereocenters. The predicted octanol–water partition coefficient (Wildman–Crippen LogP) is 0.769. The maximum atomic E-state index is 3.18. The molecule has 8 heavy (non-hydrogen) atoms. The van der Waals surface area contributed by atoms with Crippen LogP contribution in [0.3, 0.4) is 0 Å². The summed E-state index contributed by atoms with van der Waals surface area (Å²) < 4.78 is 6.36. The van der Waals surface area contributed by atoms with Crippen molar-refractivity contribution in [3.63, 3.8) is 0 Å². The van der Waals surface area contributed by atoms with Crippen molar-refractivity contribution in [3.05, 3.63) is 0 Å². The highest BCUT2D eigenvalue weighted by atomic mass is 32.2. The van der Waals surface area contributed by atoms with Crippen molar-refractivity contribution in [2.24, 2.45) is 5.41 Å². The molecule has 0 aliphatic carbocycles. The number of hydrogen-bond acceptors (Lipinski definition) is 3. The van der Waals surface area contributed by atoms with Crippen molar-refractivity contribution >= 4 is 12.1 Å². The van der Waals surface area contributed by atoms with Crippen molar-refractivity contribution in [3.8, 4) is 0 Å². The van der Waals surface area contributed by atoms with Crippen LogP contribution in [0.25, 0.3) is 0 Å². The summed E-state index contributed by atoms with van der Waals surface area (Å²) >= 11 is 1.60. The molecule has 0 radical (unpaired) electrons. The summed E-state index contributed by atoms with van der Waals surface area (Å²) in [5, 5.41) is 0. The lowest BCUT2D eigenvalue weighted by Gasteiger charge is -2.29. The summed E-state index contributed by atoms with van der Waals surface area (Å²) in [6.07, 6.45) is 0. The highest BCUT2D eigenvalue weighted by molar-refractivity contribution is 7.95. The predicted molar refractivity (Wildman–Crippen MR) is 37.4 cm³/mol. The van der Waals surface area contributed by atoms with Gasteiger partial charge in [-0.1, -0.05) is 13.8 Å². The number of hydrogen-bond donors (Lipinski definition) is 2. The minimum absolute atomic E-state index is 0.436. The van der Waals surface area contributed by atoms with E-state index in [1.54, 1.807) is 12.1 Å². The molecule has 1 fully saturated rings. The smallest absolute Gasteiger partial charge is 0.0134 e. The monoisotopic (exact) mass is 132 g/mol. The molecule has 2 N–H and O–H groups in total. The molecule has 0 aromatic rings. The second kappa shape index (κ2) is 2.25. The van der Waals surface area contributed by atoms with Gasteiger partial charge in [-0.25, -0.2) is 0 Å². The van der Waals surface area contributed by atoms with Gasteiger partial charge in [0, 0.05) is 25.2 Å². The van der Waals surface area contributed by atoms with Crippen molar-refractivity contribution in [1.82, 2.24) is 9.44 Å². The Morgan fingerprint density at radius 1 is 1.25 bits per heavy atom. The summed E-state index contributed by atoms with van der Waals surface area (Å²) in [6, 6.07) is 0. The molecule has 0 bridgehead atoms. The lowest BCUT2D eigenvalue weighted by atomic mass is 9.94. The van der Waals surface area contributed by atoms with E-state index in [0.29, 0.717) is 5.41 Å². The van der Waals surface area contributed by atoms with Gasteiger partial charge in [0.15, 0.2) is 0 Å². The second-order valence-corrected chi connectivity index (χ2v) is 3.69. The first-order valence-corrected chi connectivity index (χ1v) is 3.64. The molecule has 1 rings (SSSR count). The quantitative estimate of drug-likeness (QED) is 0.476. The minimum Gasteiger partial charge on any atom is -0.250 e. The second-order valence-electron chi connectivity index (χ2n) is 2.91. The molecule has 2 nitrogen and oxygen atoms in total. The molecule has 3 heteroatoms. The van der Waals surface area contributed by atoms with Crippen LogP contribution < -0.4 is 9.44 Å². The van der Waals surface area contributed by atoms with Gasteiger partial charge in [-0.3, -0.25) is 9.44 Å². The Kier molecular flexibility index (Phi) is 1.80. The minimum atomic E-state index is 0.436. The van der Waals surface area contributed by atoms with Crippen molar-refractivity contribution in [2.45, 2.75) is 13.8 Å². The molecule has 0 atom stereocenters. The normalized spacial score (nSPS) is 27.8. The van der Waals surface area contributed by atoms with Crippen LogP contribution in [-0.2, 0) is 0 Å². The molecule has 0 aromatic carbocycles. The van der Waals surface area contributed by atoms with Crippen LogP contribution in [0.15, 0.2) is 0 Å². The summed E-state index contributed by atoms with van der Waals surface area (Å²) in [6.45, 7) is 6.69. The van der Waals surface area contributed by atoms with E-state index >= 15 is 0 Å². The summed E-state index contributed by atoms with van der Waals surface area (Å²) in [5.41, 5.74) is 0.436. The van der Waals surface area contributed by atoms with Crippen molar-refractivity contribution in [1.29, 1.82) is 0 Å². The van der Waals surface area contributed by atoms with E-state index in [2.05, 4.69) is 23.3 Å². The molecule has 0 amide bonds. The molecule has 1 saturated heterocycles. The zero-order valence-corrected chi connectivity index (χ0v) is 6.14. The van der Waals surface area contributed by atoms with Crippen LogP contribution in [0, 0.1) is 5.41 Å². The third kappa shape index (κ3) is 1.65. The van der Waals surface area contributed by atoms with Gasteiger partial charge in [0.25, 0.3) is 0 Å². The Labute approximate surface area is 54.7 Å². The lowest BCUT2D eigenvalue weighted by Crippen LogP contribution is -2.40. The van der Waals surface area contributed by atoms with Crippen LogP contribution in [0.1, 0.15) is 13.8 Å². The third-order valence-electron chi connectivity index (χ3n) is 1.25. The average molecular weight is 132 g/mol. The Hall–Kier alpha value is 0.270. The first-order chi connectivity index (χ1) is 3.71. The maximum Gasteiger partial charge on any atom is 0.0134 e. The van der Waals surface area contributed by atoms with Crippen molar-refractivity contribution in [2.75, 3.05) is 13.1 Å². The largest absolute Gasteiger partial charge is 0.250 e. The van der Waals surface area contributed by atoms with E-state index in [9.17, 15) is 0 Å². The van der Waals surface area contributed by atoms with E-state index in [-0.39, 0.29) is 0 Å². The zero-order valence-electron chi connectivity index (χ0n) is 5.32. The van der Waals surface area contributed by atoms with E-state index in [1.165, 1.54) is 0 Å². The summed E-state index contributed by atoms with van der Waals surface area (Å²) in [7, 11) is 0. The van der Waals surface area contributed by atoms with E-state index in [1.807, 2.05) is 0 Å². The third-order valence-corrected chi connectivity index (χ3v) is 1.82. The van der Waals surface area contributed by atoms with Gasteiger partial charge in [-0.05, 0) is 5.41 Å². The first kappa shape index (κ1) is 6.39. The molecule has 0 saturated carbocycles. The van der Waals surface area contributed by atoms with Gasteiger partial charge in [-0.2, -0.15) is 0 Å². The zero-order chi connectivity index (χ0) is 6.04. The Bertz CT molecular complexity index is 74.5. The fourth-order valence-corrected chi connectivity index (χ4v) is 1.60. The van der Waals surface area contributed by atoms with Gasteiger partial charge in [0.2, 0.25) is 0 Å². The van der Waals surface area contributed by atoms with Crippen LogP contribution in [0.5, 0.6) is 0 Å². The van der Waals surface area contributed by atoms with Crippen LogP contribution in [-0.4, -0.2) is 13.1 Å². The molecule has 0 aromatic heterocycles. The Morgan fingerprint density at radius 3 is 2.00 bits per heavy atom. The van der Waals surface area contributed by atoms with Gasteiger partial charge >= 0.3 is 0 Å². The van der Waals surface area contributed by atoms with Gasteiger partial charge in [0.05, 0.1) is 0 Å². The lowest BCUT2D eigenvalue weighted by molar-refractivity contribution is 0.358. The molecule has 1 heterocycles. The standard InChI is InChI=1S/C5H12N2S/c1-5(2)3-6-8-7-4-5/h6-7H,3-4H2,1-2H3. The van der Waals surface area contributed by atoms with Crippen LogP contribution in [0.2, 0.25) is 0 Å². The van der Waals surface area contributed by atoms with E-state index in [4.69, 9.17) is 0 Å². The van der Waals surface area contributed by atoms with Gasteiger partial charge in [0.1, 0.15) is 0 Å². The molecule has 1 aliphatic heterocycles. The summed E-state index contributed by atoms with van der Waals surface area (Å²) in [5.74, 6) is 0. The summed E-state index contributed by atoms with van der Waals surface area (Å²) in [4.78, 5) is 0. The van der Waals surface area contributed by atoms with E-state index in [0.717, 1.165) is 13.1 Å². The van der Waals surface area contributed by atoms with E-state index < -0.39 is 0 Å². The van der Waals surface area contributed by atoms with Gasteiger partial charge < -0.3 is 0 Å². The first-order valence-electron chi connectivity index (χ1n) is 2.82. The average Bonchev–Trinajstić information content (AvgIpc) is 1.65. The highest BCUT2D eigenvalue weighted by Crippen LogP contribution is 2.16. The van der Waals surface area contributed by atoms with Crippen LogP contribution in [0.4, 0.5) is 0 Å². The SMILES string of the molecule is CC1(C)CNSNC1. The molecule has 0 spiro atoms. The number of rotatable bonds is 0. The maximum absolute atomic E-state index is 3.18. The van der Waals surface area contributed by atoms with Gasteiger partial charge in [-0.15, -0.1) is 0 Å². The van der Waals surface area contributed by atoms with Crippen molar-refractivity contribution < 1.29 is 0 Å². The fourth-order valence-electron chi connectivity index (χ4n) is 0.576. The fraction of sp³-hybridized carbons (Fsp3) is 1.00. The number of nitrogens with one attached hydrogen (secondary N) is 2. The topological polar surface area (TPSA) is 24.1 Å². The highest BCUT2D eigenvalue weighted by Gasteiger charge is 2.20. The van der Waals surface area contributed by atoms with Crippen LogP contribution >= 0.6 is 12.1 Å². The molecular weight excluding hydrogens is 120 g/mol. The molecule has 1 aliphatic rings. The molecule has 48 valence electrons. The Balaban J connectivity index is 2.33.